The summed E-state index contributed by atoms with van der Waals surface area (Å²) in [6.07, 6.45) is -0.0427. The van der Waals surface area contributed by atoms with E-state index >= 15 is 0 Å². The van der Waals surface area contributed by atoms with Crippen molar-refractivity contribution in [3.05, 3.63) is 0 Å². The Morgan fingerprint density at radius 3 is 2.38 bits per heavy atom. The van der Waals surface area contributed by atoms with Crippen molar-refractivity contribution < 1.29 is 9.90 Å². The molecule has 3 nitrogen and oxygen atoms in total. The summed E-state index contributed by atoms with van der Waals surface area (Å²) in [6, 6.07) is -0.530. The molecule has 0 aromatic heterocycles. The molecule has 0 rings (SSSR count). The summed E-state index contributed by atoms with van der Waals surface area (Å²) in [5, 5.41) is 9.18. The van der Waals surface area contributed by atoms with Crippen LogP contribution in [0.4, 0.5) is 0 Å². The fourth-order valence-electron chi connectivity index (χ4n) is 1.42. The highest BCUT2D eigenvalue weighted by atomic mass is 32.1. The lowest BCUT2D eigenvalue weighted by Gasteiger charge is -2.26. The van der Waals surface area contributed by atoms with Gasteiger partial charge in [-0.3, -0.25) is 4.79 Å². The first-order chi connectivity index (χ1) is 5.81. The summed E-state index contributed by atoms with van der Waals surface area (Å²) in [5.41, 5.74) is 5.01. The molecule has 0 saturated heterocycles. The normalized spacial score (nSPS) is 16.8. The third-order valence-electron chi connectivity index (χ3n) is 2.01. The van der Waals surface area contributed by atoms with E-state index in [9.17, 15) is 9.90 Å². The van der Waals surface area contributed by atoms with Crippen molar-refractivity contribution in [2.24, 2.45) is 11.1 Å². The lowest BCUT2D eigenvalue weighted by molar-refractivity contribution is -0.129. The summed E-state index contributed by atoms with van der Waals surface area (Å²) < 4.78 is 0. The van der Waals surface area contributed by atoms with E-state index in [1.54, 1.807) is 20.8 Å². The van der Waals surface area contributed by atoms with Crippen LogP contribution in [0.2, 0.25) is 0 Å². The predicted octanol–water partition coefficient (Wildman–Crippen LogP) is 0.610. The van der Waals surface area contributed by atoms with Crippen molar-refractivity contribution in [2.45, 2.75) is 39.3 Å². The number of rotatable bonds is 5. The van der Waals surface area contributed by atoms with Crippen LogP contribution in [0.3, 0.4) is 0 Å². The van der Waals surface area contributed by atoms with Gasteiger partial charge in [-0.15, -0.1) is 0 Å². The molecule has 0 aliphatic carbocycles. The highest BCUT2D eigenvalue weighted by Crippen LogP contribution is 2.24. The number of carbonyl (C=O) groups excluding carboxylic acids is 1. The van der Waals surface area contributed by atoms with E-state index in [1.807, 2.05) is 0 Å². The van der Waals surface area contributed by atoms with E-state index in [2.05, 4.69) is 12.6 Å². The van der Waals surface area contributed by atoms with Crippen LogP contribution in [0.25, 0.3) is 0 Å². The van der Waals surface area contributed by atoms with Gasteiger partial charge in [-0.1, -0.05) is 13.8 Å². The lowest BCUT2D eigenvalue weighted by Crippen LogP contribution is -2.42. The first-order valence-corrected chi connectivity index (χ1v) is 5.03. The standard InChI is InChI=1S/C9H19NO2S/c1-6(11)4-9(2,3)8(12)7(10)5-13/h6-7,11,13H,4-5,10H2,1-3H3. The maximum absolute atomic E-state index is 11.6. The molecule has 78 valence electrons. The second-order valence-electron chi connectivity index (χ2n) is 4.09. The quantitative estimate of drug-likeness (QED) is 0.576. The molecule has 2 atom stereocenters. The largest absolute Gasteiger partial charge is 0.393 e. The Kier molecular flexibility index (Phi) is 4.96. The molecule has 0 radical (unpaired) electrons. The predicted molar refractivity (Wildman–Crippen MR) is 56.9 cm³/mol. The van der Waals surface area contributed by atoms with Gasteiger partial charge in [0.05, 0.1) is 12.1 Å². The topological polar surface area (TPSA) is 63.3 Å². The summed E-state index contributed by atoms with van der Waals surface area (Å²) in [4.78, 5) is 11.6. The second kappa shape index (κ2) is 4.98. The van der Waals surface area contributed by atoms with Crippen molar-refractivity contribution in [2.75, 3.05) is 5.75 Å². The molecule has 0 aromatic rings. The number of hydrogen-bond acceptors (Lipinski definition) is 4. The zero-order valence-corrected chi connectivity index (χ0v) is 9.34. The van der Waals surface area contributed by atoms with Gasteiger partial charge in [-0.2, -0.15) is 12.6 Å². The number of nitrogens with two attached hydrogens (primary N) is 1. The van der Waals surface area contributed by atoms with Gasteiger partial charge in [0.2, 0.25) is 0 Å². The highest BCUT2D eigenvalue weighted by molar-refractivity contribution is 7.80. The Hall–Kier alpha value is -0.0600. The van der Waals surface area contributed by atoms with E-state index in [0.717, 1.165) is 0 Å². The van der Waals surface area contributed by atoms with Gasteiger partial charge in [0.25, 0.3) is 0 Å². The van der Waals surface area contributed by atoms with Crippen molar-refractivity contribution in [3.63, 3.8) is 0 Å². The van der Waals surface area contributed by atoms with Crippen molar-refractivity contribution in [1.29, 1.82) is 0 Å². The highest BCUT2D eigenvalue weighted by Gasteiger charge is 2.32. The van der Waals surface area contributed by atoms with Gasteiger partial charge in [0, 0.05) is 11.2 Å². The molecular weight excluding hydrogens is 186 g/mol. The third-order valence-corrected chi connectivity index (χ3v) is 2.40. The molecule has 2 unspecified atom stereocenters. The van der Waals surface area contributed by atoms with Crippen LogP contribution in [0, 0.1) is 5.41 Å². The Balaban J connectivity index is 4.35. The van der Waals surface area contributed by atoms with Crippen molar-refractivity contribution in [3.8, 4) is 0 Å². The van der Waals surface area contributed by atoms with Gasteiger partial charge >= 0.3 is 0 Å². The van der Waals surface area contributed by atoms with Crippen LogP contribution in [0.5, 0.6) is 0 Å². The molecule has 4 heteroatoms. The molecular formula is C9H19NO2S. The zero-order valence-electron chi connectivity index (χ0n) is 8.45. The molecule has 0 spiro atoms. The number of ketones is 1. The average Bonchev–Trinajstić information content (AvgIpc) is 1.99. The summed E-state index contributed by atoms with van der Waals surface area (Å²) in [7, 11) is 0. The molecule has 0 aliphatic rings. The van der Waals surface area contributed by atoms with Crippen LogP contribution in [0.1, 0.15) is 27.2 Å². The number of aliphatic hydroxyl groups excluding tert-OH is 1. The maximum Gasteiger partial charge on any atom is 0.156 e. The van der Waals surface area contributed by atoms with Crippen molar-refractivity contribution in [1.82, 2.24) is 0 Å². The Labute approximate surface area is 85.1 Å². The number of aliphatic hydroxyl groups is 1. The summed E-state index contributed by atoms with van der Waals surface area (Å²) in [5.74, 6) is 0.311. The number of carbonyl (C=O) groups is 1. The van der Waals surface area contributed by atoms with Crippen LogP contribution in [-0.2, 0) is 4.79 Å². The van der Waals surface area contributed by atoms with E-state index in [1.165, 1.54) is 0 Å². The Bertz CT molecular complexity index is 180. The van der Waals surface area contributed by atoms with Gasteiger partial charge in [-0.05, 0) is 13.3 Å². The molecule has 0 amide bonds. The molecule has 0 saturated carbocycles. The van der Waals surface area contributed by atoms with Gasteiger partial charge in [0.15, 0.2) is 5.78 Å². The maximum atomic E-state index is 11.6. The van der Waals surface area contributed by atoms with E-state index in [4.69, 9.17) is 5.73 Å². The Morgan fingerprint density at radius 1 is 1.62 bits per heavy atom. The second-order valence-corrected chi connectivity index (χ2v) is 4.46. The van der Waals surface area contributed by atoms with Gasteiger partial charge in [-0.25, -0.2) is 0 Å². The molecule has 0 aromatic carbocycles. The first kappa shape index (κ1) is 12.9. The van der Waals surface area contributed by atoms with E-state index in [0.29, 0.717) is 12.2 Å². The van der Waals surface area contributed by atoms with Crippen LogP contribution in [0.15, 0.2) is 0 Å². The molecule has 0 fully saturated rings. The number of thiol groups is 1. The fourth-order valence-corrected chi connectivity index (χ4v) is 1.59. The fraction of sp³-hybridized carbons (Fsp3) is 0.889. The minimum Gasteiger partial charge on any atom is -0.393 e. The molecule has 13 heavy (non-hydrogen) atoms. The SMILES string of the molecule is CC(O)CC(C)(C)C(=O)C(N)CS. The number of hydrogen-bond donors (Lipinski definition) is 3. The van der Waals surface area contributed by atoms with Crippen LogP contribution < -0.4 is 5.73 Å². The van der Waals surface area contributed by atoms with Crippen LogP contribution >= 0.6 is 12.6 Å². The molecule has 0 heterocycles. The first-order valence-electron chi connectivity index (χ1n) is 4.40. The minimum atomic E-state index is -0.559. The molecule has 0 bridgehead atoms. The Morgan fingerprint density at radius 2 is 2.08 bits per heavy atom. The van der Waals surface area contributed by atoms with E-state index < -0.39 is 17.6 Å². The van der Waals surface area contributed by atoms with Gasteiger partial charge < -0.3 is 10.8 Å². The van der Waals surface area contributed by atoms with Gasteiger partial charge in [0.1, 0.15) is 0 Å². The monoisotopic (exact) mass is 205 g/mol. The van der Waals surface area contributed by atoms with Crippen LogP contribution in [-0.4, -0.2) is 28.8 Å². The zero-order chi connectivity index (χ0) is 10.6. The molecule has 3 N–H and O–H groups in total. The lowest BCUT2D eigenvalue weighted by atomic mass is 9.80. The summed E-state index contributed by atoms with van der Waals surface area (Å²) >= 11 is 3.97. The van der Waals surface area contributed by atoms with Crippen molar-refractivity contribution >= 4 is 18.4 Å². The summed E-state index contributed by atoms with van der Waals surface area (Å²) in [6.45, 7) is 5.26. The van der Waals surface area contributed by atoms with E-state index in [-0.39, 0.29) is 5.78 Å². The number of Topliss-reactive ketones (excluding diaryl/α,β-unsaturated/α-hetero) is 1. The average molecular weight is 205 g/mol. The minimum absolute atomic E-state index is 0.0385. The smallest absolute Gasteiger partial charge is 0.156 e. The molecule has 0 aliphatic heterocycles. The third kappa shape index (κ3) is 4.11.